The lowest BCUT2D eigenvalue weighted by Gasteiger charge is -2.38. The second-order valence-corrected chi connectivity index (χ2v) is 10.1. The first-order valence-electron chi connectivity index (χ1n) is 12.8. The summed E-state index contributed by atoms with van der Waals surface area (Å²) in [6.45, 7) is 0.866. The number of aliphatic imine (C=N–C) groups is 1. The number of rotatable bonds is 7. The highest BCUT2D eigenvalue weighted by molar-refractivity contribution is 6.28. The van der Waals surface area contributed by atoms with E-state index >= 15 is 0 Å². The topological polar surface area (TPSA) is 113 Å². The Hall–Kier alpha value is -2.62. The fourth-order valence-electron chi connectivity index (χ4n) is 5.33. The Morgan fingerprint density at radius 2 is 1.89 bits per heavy atom. The first-order valence-corrected chi connectivity index (χ1v) is 13.1. The maximum absolute atomic E-state index is 12.4. The molecule has 5 rings (SSSR count). The van der Waals surface area contributed by atoms with Gasteiger partial charge in [-0.25, -0.2) is 9.40 Å². The van der Waals surface area contributed by atoms with E-state index < -0.39 is 0 Å². The van der Waals surface area contributed by atoms with Crippen molar-refractivity contribution in [2.45, 2.75) is 75.8 Å². The summed E-state index contributed by atoms with van der Waals surface area (Å²) >= 11 is 6.93. The van der Waals surface area contributed by atoms with E-state index in [1.165, 1.54) is 12.8 Å². The van der Waals surface area contributed by atoms with Crippen LogP contribution in [0.4, 0.5) is 5.82 Å². The number of amides is 1. The average molecular weight is 499 g/mol. The lowest BCUT2D eigenvalue weighted by Crippen LogP contribution is -2.60. The standard InChI is InChI=1S/C25H35ClN8O/c26-34-24-21(30-16-33(24)20-8-4-5-9-20)22(32-25(34)31-19-12-10-18(27)11-13-19)28-14-15-29-23(35)17-6-2-1-3-7-17/h1-3,6-7,16,18-20,25,31H,4-5,8-15,27H2,(H,28,32)(H,29,35). The van der Waals surface area contributed by atoms with E-state index in [9.17, 15) is 4.79 Å². The van der Waals surface area contributed by atoms with Crippen LogP contribution in [-0.4, -0.2) is 52.8 Å². The molecule has 1 aliphatic heterocycles. The van der Waals surface area contributed by atoms with Crippen molar-refractivity contribution in [2.75, 3.05) is 17.5 Å². The Balaban J connectivity index is 1.31. The third-order valence-corrected chi connectivity index (χ3v) is 7.64. The summed E-state index contributed by atoms with van der Waals surface area (Å²) in [6.07, 6.45) is 10.4. The quantitative estimate of drug-likeness (QED) is 0.345. The zero-order chi connectivity index (χ0) is 24.2. The van der Waals surface area contributed by atoms with E-state index in [4.69, 9.17) is 27.5 Å². The van der Waals surface area contributed by atoms with E-state index in [0.29, 0.717) is 36.6 Å². The Labute approximate surface area is 211 Å². The van der Waals surface area contributed by atoms with Crippen LogP contribution in [0.3, 0.4) is 0 Å². The number of carbonyl (C=O) groups excluding carboxylic acids is 1. The molecule has 3 aliphatic rings. The van der Waals surface area contributed by atoms with Crippen LogP contribution in [-0.2, 0) is 0 Å². The molecular formula is C25H35ClN8O. The number of amidine groups is 1. The Kier molecular flexibility index (Phi) is 7.55. The molecular weight excluding hydrogens is 464 g/mol. The smallest absolute Gasteiger partial charge is 0.251 e. The molecule has 2 aromatic rings. The van der Waals surface area contributed by atoms with Gasteiger partial charge in [-0.05, 0) is 50.7 Å². The SMILES string of the molecule is NC1CCC(NC2NC(=NCCNC(=O)c3ccccc3)c3ncn(C4CCCC4)c3N2Cl)CC1. The molecule has 1 atom stereocenters. The van der Waals surface area contributed by atoms with Gasteiger partial charge in [-0.1, -0.05) is 31.0 Å². The molecule has 5 N–H and O–H groups in total. The number of nitrogens with zero attached hydrogens (tertiary/aromatic N) is 4. The van der Waals surface area contributed by atoms with Crippen molar-refractivity contribution in [1.29, 1.82) is 0 Å². The summed E-state index contributed by atoms with van der Waals surface area (Å²) in [7, 11) is 0. The van der Waals surface area contributed by atoms with Crippen molar-refractivity contribution < 1.29 is 4.79 Å². The molecule has 0 spiro atoms. The van der Waals surface area contributed by atoms with E-state index in [1.807, 2.05) is 24.5 Å². The number of imidazole rings is 1. The molecule has 0 radical (unpaired) electrons. The van der Waals surface area contributed by atoms with Crippen molar-refractivity contribution in [3.63, 3.8) is 0 Å². The normalized spacial score (nSPS) is 25.9. The predicted molar refractivity (Wildman–Crippen MR) is 139 cm³/mol. The van der Waals surface area contributed by atoms with Crippen LogP contribution in [0, 0.1) is 0 Å². The number of fused-ring (bicyclic) bond motifs is 1. The van der Waals surface area contributed by atoms with E-state index in [2.05, 4.69) is 20.5 Å². The van der Waals surface area contributed by atoms with Crippen LogP contribution in [0.1, 0.15) is 73.5 Å². The first-order chi connectivity index (χ1) is 17.1. The summed E-state index contributed by atoms with van der Waals surface area (Å²) in [4.78, 5) is 21.8. The number of nitrogens with two attached hydrogens (primary N) is 1. The molecule has 2 saturated carbocycles. The molecule has 1 unspecified atom stereocenters. The molecule has 35 heavy (non-hydrogen) atoms. The summed E-state index contributed by atoms with van der Waals surface area (Å²) in [5.74, 6) is 1.48. The third kappa shape index (κ3) is 5.47. The Bertz CT molecular complexity index is 1030. The zero-order valence-corrected chi connectivity index (χ0v) is 20.8. The van der Waals surface area contributed by atoms with Gasteiger partial charge < -0.3 is 20.9 Å². The third-order valence-electron chi connectivity index (χ3n) is 7.28. The monoisotopic (exact) mass is 498 g/mol. The van der Waals surface area contributed by atoms with Crippen LogP contribution in [0.25, 0.3) is 0 Å². The highest BCUT2D eigenvalue weighted by atomic mass is 35.5. The van der Waals surface area contributed by atoms with Gasteiger partial charge in [-0.2, -0.15) is 0 Å². The molecule has 1 amide bonds. The average Bonchev–Trinajstić information content (AvgIpc) is 3.56. The van der Waals surface area contributed by atoms with Gasteiger partial charge in [-0.3, -0.25) is 15.1 Å². The second kappa shape index (κ2) is 11.0. The minimum absolute atomic E-state index is 0.101. The highest BCUT2D eigenvalue weighted by Crippen LogP contribution is 2.37. The molecule has 2 aliphatic carbocycles. The fourth-order valence-corrected chi connectivity index (χ4v) is 5.60. The highest BCUT2D eigenvalue weighted by Gasteiger charge is 2.36. The van der Waals surface area contributed by atoms with Gasteiger partial charge in [0.25, 0.3) is 5.91 Å². The number of halogens is 1. The Morgan fingerprint density at radius 3 is 2.63 bits per heavy atom. The number of hydrogen-bond acceptors (Lipinski definition) is 6. The molecule has 1 aromatic carbocycles. The molecule has 10 heteroatoms. The summed E-state index contributed by atoms with van der Waals surface area (Å²) in [5.41, 5.74) is 7.50. The molecule has 188 valence electrons. The van der Waals surface area contributed by atoms with Crippen molar-refractivity contribution in [2.24, 2.45) is 10.7 Å². The minimum Gasteiger partial charge on any atom is -0.350 e. The molecule has 9 nitrogen and oxygen atoms in total. The van der Waals surface area contributed by atoms with Crippen LogP contribution in [0.15, 0.2) is 41.7 Å². The number of anilines is 1. The summed E-state index contributed by atoms with van der Waals surface area (Å²) in [5, 5.41) is 10.1. The van der Waals surface area contributed by atoms with Crippen molar-refractivity contribution in [3.8, 4) is 0 Å². The maximum atomic E-state index is 12.4. The molecule has 1 aromatic heterocycles. The van der Waals surface area contributed by atoms with Gasteiger partial charge in [-0.15, -0.1) is 0 Å². The van der Waals surface area contributed by atoms with E-state index in [0.717, 1.165) is 50.0 Å². The molecule has 0 saturated heterocycles. The summed E-state index contributed by atoms with van der Waals surface area (Å²) in [6, 6.07) is 10.2. The van der Waals surface area contributed by atoms with Crippen LogP contribution in [0.2, 0.25) is 0 Å². The van der Waals surface area contributed by atoms with Crippen LogP contribution in [0.5, 0.6) is 0 Å². The van der Waals surface area contributed by atoms with Gasteiger partial charge in [0, 0.05) is 42.0 Å². The molecule has 0 bridgehead atoms. The van der Waals surface area contributed by atoms with Crippen molar-refractivity contribution >= 4 is 29.3 Å². The fraction of sp³-hybridized carbons (Fsp3) is 0.560. The number of nitrogens with one attached hydrogen (secondary N) is 3. The Morgan fingerprint density at radius 1 is 1.14 bits per heavy atom. The number of aromatic nitrogens is 2. The van der Waals surface area contributed by atoms with Crippen molar-refractivity contribution in [3.05, 3.63) is 47.9 Å². The van der Waals surface area contributed by atoms with Crippen molar-refractivity contribution in [1.82, 2.24) is 25.5 Å². The van der Waals surface area contributed by atoms with Crippen LogP contribution >= 0.6 is 11.8 Å². The summed E-state index contributed by atoms with van der Waals surface area (Å²) < 4.78 is 3.96. The zero-order valence-electron chi connectivity index (χ0n) is 20.0. The van der Waals surface area contributed by atoms with Gasteiger partial charge in [0.2, 0.25) is 0 Å². The largest absolute Gasteiger partial charge is 0.350 e. The van der Waals surface area contributed by atoms with E-state index in [-0.39, 0.29) is 18.2 Å². The van der Waals surface area contributed by atoms with Crippen LogP contribution < -0.4 is 26.1 Å². The van der Waals surface area contributed by atoms with Gasteiger partial charge in [0.05, 0.1) is 12.9 Å². The first kappa shape index (κ1) is 24.1. The van der Waals surface area contributed by atoms with Gasteiger partial charge in [0.1, 0.15) is 5.69 Å². The van der Waals surface area contributed by atoms with E-state index in [1.54, 1.807) is 16.6 Å². The lowest BCUT2D eigenvalue weighted by atomic mass is 9.92. The number of benzene rings is 1. The number of hydrogen-bond donors (Lipinski definition) is 4. The van der Waals surface area contributed by atoms with Gasteiger partial charge >= 0.3 is 0 Å². The van der Waals surface area contributed by atoms with Gasteiger partial charge in [0.15, 0.2) is 17.9 Å². The molecule has 2 heterocycles. The second-order valence-electron chi connectivity index (χ2n) is 9.75. The lowest BCUT2D eigenvalue weighted by molar-refractivity contribution is 0.0955. The predicted octanol–water partition coefficient (Wildman–Crippen LogP) is 2.88. The maximum Gasteiger partial charge on any atom is 0.251 e. The number of carbonyl (C=O) groups is 1. The minimum atomic E-state index is -0.307. The molecule has 2 fully saturated rings.